The van der Waals surface area contributed by atoms with Gasteiger partial charge in [0.15, 0.2) is 10.3 Å². The van der Waals surface area contributed by atoms with E-state index in [1.165, 1.54) is 64.7 Å². The van der Waals surface area contributed by atoms with E-state index in [-0.39, 0.29) is 0 Å². The Bertz CT molecular complexity index is 1700. The van der Waals surface area contributed by atoms with Gasteiger partial charge in [0.1, 0.15) is 0 Å². The van der Waals surface area contributed by atoms with E-state index in [1.807, 2.05) is 13.8 Å². The maximum Gasteiger partial charge on any atom is 0.414 e. The number of carboxylic acids is 14. The third kappa shape index (κ3) is 52.3. The molecule has 2 aliphatic heterocycles. The summed E-state index contributed by atoms with van der Waals surface area (Å²) in [5.74, 6) is -25.5. The van der Waals surface area contributed by atoms with Gasteiger partial charge >= 0.3 is 83.6 Å². The summed E-state index contributed by atoms with van der Waals surface area (Å²) < 4.78 is 0. The quantitative estimate of drug-likeness (QED) is 0.138. The molecule has 2 aromatic rings. The second-order valence-corrected chi connectivity index (χ2v) is 14.2. The lowest BCUT2D eigenvalue weighted by Gasteiger charge is -2.26. The van der Waals surface area contributed by atoms with Crippen molar-refractivity contribution in [3.05, 3.63) is 22.1 Å². The molecule has 406 valence electrons. The van der Waals surface area contributed by atoms with Crippen LogP contribution in [-0.2, 0) is 67.1 Å². The predicted molar refractivity (Wildman–Crippen MR) is 238 cm³/mol. The summed E-state index contributed by atoms with van der Waals surface area (Å²) in [6, 6.07) is 0. The third-order valence-corrected chi connectivity index (χ3v) is 8.66. The molecule has 0 atom stereocenters. The van der Waals surface area contributed by atoms with Crippen LogP contribution in [0.5, 0.6) is 0 Å². The summed E-state index contributed by atoms with van der Waals surface area (Å²) in [6.07, 6.45) is 8.31. The molecule has 4 heterocycles. The molecular formula is C36H52N6O28S2. The molecule has 4 rings (SSSR count). The number of carboxylic acid groups (broad SMARTS) is 14. The molecule has 16 N–H and O–H groups in total. The lowest BCUT2D eigenvalue weighted by molar-refractivity contribution is -0.159. The number of rotatable bonds is 8. The molecule has 34 nitrogen and oxygen atoms in total. The molecule has 0 bridgehead atoms. The molecule has 0 radical (unpaired) electrons. The Labute approximate surface area is 411 Å². The van der Waals surface area contributed by atoms with Crippen LogP contribution in [0.15, 0.2) is 10.8 Å². The topological polar surface area (TPSA) is 579 Å². The van der Waals surface area contributed by atoms with Crippen molar-refractivity contribution in [1.29, 1.82) is 0 Å². The first-order valence-corrected chi connectivity index (χ1v) is 21.0. The van der Waals surface area contributed by atoms with Crippen LogP contribution in [0.4, 0.5) is 10.3 Å². The molecule has 2 saturated heterocycles. The number of nitrogens with zero attached hydrogens (tertiary/aromatic N) is 4. The number of carbonyl (C=O) groups is 14. The highest BCUT2D eigenvalue weighted by Crippen LogP contribution is 2.15. The molecule has 0 unspecified atom stereocenters. The van der Waals surface area contributed by atoms with E-state index in [0.717, 1.165) is 47.8 Å². The van der Waals surface area contributed by atoms with Gasteiger partial charge in [-0.3, -0.25) is 0 Å². The van der Waals surface area contributed by atoms with Gasteiger partial charge in [0.05, 0.1) is 11.4 Å². The van der Waals surface area contributed by atoms with Gasteiger partial charge in [0, 0.05) is 36.9 Å². The van der Waals surface area contributed by atoms with Gasteiger partial charge in [0.25, 0.3) is 0 Å². The summed E-state index contributed by atoms with van der Waals surface area (Å²) in [5.41, 5.74) is 2.22. The molecule has 2 aliphatic rings. The van der Waals surface area contributed by atoms with Gasteiger partial charge in [-0.2, -0.15) is 0 Å². The van der Waals surface area contributed by atoms with Crippen molar-refractivity contribution in [3.8, 4) is 0 Å². The summed E-state index contributed by atoms with van der Waals surface area (Å²) in [5, 5.41) is 117. The Kier molecular flexibility index (Phi) is 43.8. The van der Waals surface area contributed by atoms with Crippen LogP contribution in [0.25, 0.3) is 0 Å². The average Bonchev–Trinajstić information content (AvgIpc) is 3.92. The summed E-state index contributed by atoms with van der Waals surface area (Å²) in [4.78, 5) is 141. The zero-order chi connectivity index (χ0) is 57.1. The van der Waals surface area contributed by atoms with Gasteiger partial charge in [-0.05, 0) is 65.7 Å². The molecule has 0 saturated carbocycles. The molecule has 72 heavy (non-hydrogen) atoms. The van der Waals surface area contributed by atoms with E-state index in [9.17, 15) is 0 Å². The first kappa shape index (κ1) is 72.3. The number of thiazole rings is 2. The number of hydrogen-bond acceptors (Lipinski definition) is 22. The van der Waals surface area contributed by atoms with E-state index >= 15 is 0 Å². The summed E-state index contributed by atoms with van der Waals surface area (Å²) >= 11 is 3.39. The molecule has 0 spiro atoms. The molecular weight excluding hydrogens is 1030 g/mol. The lowest BCUT2D eigenvalue weighted by atomic mass is 10.1. The minimum Gasteiger partial charge on any atom is -0.473 e. The fourth-order valence-electron chi connectivity index (χ4n) is 3.88. The Morgan fingerprint density at radius 2 is 0.556 bits per heavy atom. The second-order valence-electron chi connectivity index (χ2n) is 12.5. The van der Waals surface area contributed by atoms with Crippen molar-refractivity contribution < 1.29 is 139 Å². The van der Waals surface area contributed by atoms with E-state index < -0.39 is 83.6 Å². The van der Waals surface area contributed by atoms with Crippen molar-refractivity contribution in [3.63, 3.8) is 0 Å². The highest BCUT2D eigenvalue weighted by atomic mass is 32.1. The Morgan fingerprint density at radius 3 is 0.694 bits per heavy atom. The standard InChI is InChI=1S/2C11H19N3S.7C2H2O4/c2*1-10-9-15-11(13-10)12-5-8-14-6-3-2-4-7-14;7*3-1(4)2(5)6/h2*9H,2-8H2,1H3,(H,12,13);7*(H,3,4)(H,5,6). The highest BCUT2D eigenvalue weighted by Gasteiger charge is 2.11. The van der Waals surface area contributed by atoms with Gasteiger partial charge < -0.3 is 91.9 Å². The average molecular weight is 1080 g/mol. The van der Waals surface area contributed by atoms with Gasteiger partial charge in [-0.25, -0.2) is 77.1 Å². The summed E-state index contributed by atoms with van der Waals surface area (Å²) in [6.45, 7) is 13.5. The minimum absolute atomic E-state index is 1.02. The van der Waals surface area contributed by atoms with E-state index in [0.29, 0.717) is 0 Å². The largest absolute Gasteiger partial charge is 0.473 e. The van der Waals surface area contributed by atoms with Crippen LogP contribution < -0.4 is 10.6 Å². The lowest BCUT2D eigenvalue weighted by Crippen LogP contribution is -2.33. The molecule has 0 aromatic carbocycles. The molecule has 36 heteroatoms. The smallest absolute Gasteiger partial charge is 0.414 e. The number of aromatic nitrogens is 2. The first-order valence-electron chi connectivity index (χ1n) is 19.2. The Hall–Kier alpha value is -8.64. The highest BCUT2D eigenvalue weighted by molar-refractivity contribution is 7.14. The van der Waals surface area contributed by atoms with Crippen molar-refractivity contribution in [2.75, 3.05) is 63.0 Å². The van der Waals surface area contributed by atoms with Crippen LogP contribution >= 0.6 is 22.7 Å². The SMILES string of the molecule is Cc1csc(NCCN2CCCCC2)n1.Cc1csc(NCCN2CCCCC2)n1.O=C(O)C(=O)O.O=C(O)C(=O)O.O=C(O)C(=O)O.O=C(O)C(=O)O.O=C(O)C(=O)O.O=C(O)C(=O)O.O=C(O)C(=O)O. The van der Waals surface area contributed by atoms with E-state index in [1.54, 1.807) is 22.7 Å². The van der Waals surface area contributed by atoms with Crippen molar-refractivity contribution >= 4 is 117 Å². The number of piperidine rings is 2. The number of hydrogen-bond donors (Lipinski definition) is 16. The first-order chi connectivity index (χ1) is 33.2. The fraction of sp³-hybridized carbons (Fsp3) is 0.444. The number of anilines is 2. The van der Waals surface area contributed by atoms with Crippen LogP contribution in [0.2, 0.25) is 0 Å². The number of likely N-dealkylation sites (tertiary alicyclic amines) is 2. The third-order valence-electron chi connectivity index (χ3n) is 6.82. The van der Waals surface area contributed by atoms with Gasteiger partial charge in [-0.15, -0.1) is 22.7 Å². The van der Waals surface area contributed by atoms with Crippen LogP contribution in [0, 0.1) is 13.8 Å². The second kappa shape index (κ2) is 43.6. The number of aliphatic carboxylic acids is 14. The maximum atomic E-state index is 9.10. The summed E-state index contributed by atoms with van der Waals surface area (Å²) in [7, 11) is 0. The van der Waals surface area contributed by atoms with Crippen LogP contribution in [0.3, 0.4) is 0 Å². The molecule has 0 aliphatic carbocycles. The normalized spacial score (nSPS) is 11.8. The number of nitrogens with one attached hydrogen (secondary N) is 2. The Balaban J connectivity index is -0.000000244. The van der Waals surface area contributed by atoms with Crippen molar-refractivity contribution in [2.45, 2.75) is 52.4 Å². The monoisotopic (exact) mass is 1080 g/mol. The Morgan fingerprint density at radius 1 is 0.375 bits per heavy atom. The predicted octanol–water partition coefficient (Wildman–Crippen LogP) is -1.21. The number of aryl methyl sites for hydroxylation is 2. The van der Waals surface area contributed by atoms with Crippen molar-refractivity contribution in [1.82, 2.24) is 19.8 Å². The van der Waals surface area contributed by atoms with Gasteiger partial charge in [0.2, 0.25) is 0 Å². The maximum absolute atomic E-state index is 9.10. The fourth-order valence-corrected chi connectivity index (χ4v) is 5.31. The van der Waals surface area contributed by atoms with Crippen molar-refractivity contribution in [2.24, 2.45) is 0 Å². The zero-order valence-corrected chi connectivity index (χ0v) is 39.3. The van der Waals surface area contributed by atoms with Crippen LogP contribution in [-0.4, -0.2) is 227 Å². The van der Waals surface area contributed by atoms with Gasteiger partial charge in [-0.1, -0.05) is 12.8 Å². The van der Waals surface area contributed by atoms with Crippen LogP contribution in [0.1, 0.15) is 49.9 Å². The molecule has 2 aromatic heterocycles. The molecule has 0 amide bonds. The minimum atomic E-state index is -1.82. The van der Waals surface area contributed by atoms with E-state index in [2.05, 4.69) is 41.2 Å². The van der Waals surface area contributed by atoms with E-state index in [4.69, 9.17) is 139 Å². The zero-order valence-electron chi connectivity index (χ0n) is 37.6. The molecule has 2 fully saturated rings.